The van der Waals surface area contributed by atoms with Crippen LogP contribution >= 0.6 is 0 Å². The number of hydrogen-bond donors (Lipinski definition) is 0. The Morgan fingerprint density at radius 3 is 2.48 bits per heavy atom. The van der Waals surface area contributed by atoms with Gasteiger partial charge in [-0.3, -0.25) is 9.78 Å². The molecule has 3 rings (SSSR count). The third kappa shape index (κ3) is 2.79. The van der Waals surface area contributed by atoms with Gasteiger partial charge in [0.05, 0.1) is 5.52 Å². The van der Waals surface area contributed by atoms with E-state index in [1.165, 1.54) is 12.1 Å². The maximum Gasteiger partial charge on any atom is 0.169 e. The first kappa shape index (κ1) is 13.4. The predicted molar refractivity (Wildman–Crippen MR) is 76.1 cm³/mol. The average Bonchev–Trinajstić information content (AvgIpc) is 2.45. The molecule has 0 N–H and O–H groups in total. The molecule has 0 aliphatic heterocycles. The molecule has 2 aromatic carbocycles. The van der Waals surface area contributed by atoms with Crippen molar-refractivity contribution in [2.45, 2.75) is 6.42 Å². The van der Waals surface area contributed by atoms with Crippen LogP contribution in [0, 0.1) is 11.6 Å². The zero-order valence-electron chi connectivity index (χ0n) is 11.0. The molecule has 0 saturated carbocycles. The highest BCUT2D eigenvalue weighted by molar-refractivity contribution is 6.07. The smallest absolute Gasteiger partial charge is 0.169 e. The number of rotatable bonds is 3. The third-order valence-corrected chi connectivity index (χ3v) is 3.22. The molecule has 0 aliphatic carbocycles. The SMILES string of the molecule is O=C(Cc1cc(F)cc(F)c1)c1cccc2cccnc12. The van der Waals surface area contributed by atoms with Gasteiger partial charge in [-0.05, 0) is 29.8 Å². The van der Waals surface area contributed by atoms with E-state index in [9.17, 15) is 13.6 Å². The van der Waals surface area contributed by atoms with Gasteiger partial charge in [-0.25, -0.2) is 8.78 Å². The topological polar surface area (TPSA) is 30.0 Å². The maximum absolute atomic E-state index is 13.2. The number of fused-ring (bicyclic) bond motifs is 1. The quantitative estimate of drug-likeness (QED) is 0.681. The van der Waals surface area contributed by atoms with Gasteiger partial charge in [-0.15, -0.1) is 0 Å². The highest BCUT2D eigenvalue weighted by Gasteiger charge is 2.12. The number of carbonyl (C=O) groups is 1. The number of pyridine rings is 1. The van der Waals surface area contributed by atoms with Crippen LogP contribution < -0.4 is 0 Å². The van der Waals surface area contributed by atoms with E-state index in [4.69, 9.17) is 0 Å². The monoisotopic (exact) mass is 283 g/mol. The fourth-order valence-electron chi connectivity index (χ4n) is 2.32. The summed E-state index contributed by atoms with van der Waals surface area (Å²) in [5.41, 5.74) is 1.37. The van der Waals surface area contributed by atoms with Crippen LogP contribution in [0.2, 0.25) is 0 Å². The number of hydrogen-bond acceptors (Lipinski definition) is 2. The van der Waals surface area contributed by atoms with Crippen LogP contribution in [-0.2, 0) is 6.42 Å². The van der Waals surface area contributed by atoms with Crippen molar-refractivity contribution >= 4 is 16.7 Å². The summed E-state index contributed by atoms with van der Waals surface area (Å²) < 4.78 is 26.3. The summed E-state index contributed by atoms with van der Waals surface area (Å²) in [6.45, 7) is 0. The molecule has 0 bridgehead atoms. The van der Waals surface area contributed by atoms with Crippen LogP contribution in [0.15, 0.2) is 54.7 Å². The van der Waals surface area contributed by atoms with E-state index in [1.807, 2.05) is 12.1 Å². The van der Waals surface area contributed by atoms with Gasteiger partial charge in [0.1, 0.15) is 11.6 Å². The largest absolute Gasteiger partial charge is 0.294 e. The van der Waals surface area contributed by atoms with Crippen molar-refractivity contribution < 1.29 is 13.6 Å². The minimum atomic E-state index is -0.686. The highest BCUT2D eigenvalue weighted by Crippen LogP contribution is 2.18. The van der Waals surface area contributed by atoms with Gasteiger partial charge in [-0.1, -0.05) is 18.2 Å². The number of para-hydroxylation sites is 1. The Morgan fingerprint density at radius 1 is 1.00 bits per heavy atom. The van der Waals surface area contributed by atoms with Crippen LogP contribution in [0.25, 0.3) is 10.9 Å². The van der Waals surface area contributed by atoms with Gasteiger partial charge in [0.25, 0.3) is 0 Å². The molecule has 3 aromatic rings. The Labute approximate surface area is 120 Å². The lowest BCUT2D eigenvalue weighted by Crippen LogP contribution is -2.05. The first-order chi connectivity index (χ1) is 10.1. The fourth-order valence-corrected chi connectivity index (χ4v) is 2.32. The van der Waals surface area contributed by atoms with Crippen LogP contribution in [0.4, 0.5) is 8.78 Å². The Hall–Kier alpha value is -2.62. The number of carbonyl (C=O) groups excluding carboxylic acids is 1. The molecule has 104 valence electrons. The average molecular weight is 283 g/mol. The van der Waals surface area contributed by atoms with Crippen LogP contribution in [0.1, 0.15) is 15.9 Å². The second-order valence-corrected chi connectivity index (χ2v) is 4.76. The van der Waals surface area contributed by atoms with Gasteiger partial charge < -0.3 is 0 Å². The van der Waals surface area contributed by atoms with Gasteiger partial charge in [0.2, 0.25) is 0 Å². The zero-order chi connectivity index (χ0) is 14.8. The second kappa shape index (κ2) is 5.40. The summed E-state index contributed by atoms with van der Waals surface area (Å²) >= 11 is 0. The van der Waals surface area contributed by atoms with Crippen molar-refractivity contribution in [1.82, 2.24) is 4.98 Å². The van der Waals surface area contributed by atoms with E-state index in [-0.39, 0.29) is 12.2 Å². The lowest BCUT2D eigenvalue weighted by atomic mass is 10.0. The lowest BCUT2D eigenvalue weighted by molar-refractivity contribution is 0.0994. The summed E-state index contributed by atoms with van der Waals surface area (Å²) in [6.07, 6.45) is 1.55. The highest BCUT2D eigenvalue weighted by atomic mass is 19.1. The molecule has 21 heavy (non-hydrogen) atoms. The molecule has 0 amide bonds. The van der Waals surface area contributed by atoms with E-state index in [0.29, 0.717) is 16.6 Å². The number of Topliss-reactive ketones (excluding diaryl/α,β-unsaturated/α-hetero) is 1. The van der Waals surface area contributed by atoms with Gasteiger partial charge >= 0.3 is 0 Å². The Balaban J connectivity index is 1.97. The van der Waals surface area contributed by atoms with E-state index < -0.39 is 11.6 Å². The summed E-state index contributed by atoms with van der Waals surface area (Å²) in [6, 6.07) is 12.1. The van der Waals surface area contributed by atoms with Crippen LogP contribution in [-0.4, -0.2) is 10.8 Å². The van der Waals surface area contributed by atoms with Gasteiger partial charge in [-0.2, -0.15) is 0 Å². The molecule has 0 unspecified atom stereocenters. The van der Waals surface area contributed by atoms with E-state index >= 15 is 0 Å². The molecular weight excluding hydrogens is 272 g/mol. The van der Waals surface area contributed by atoms with Gasteiger partial charge in [0, 0.05) is 29.6 Å². The van der Waals surface area contributed by atoms with Crippen molar-refractivity contribution in [3.05, 3.63) is 77.5 Å². The molecule has 0 fully saturated rings. The Morgan fingerprint density at radius 2 is 1.71 bits per heavy atom. The minimum Gasteiger partial charge on any atom is -0.294 e. The van der Waals surface area contributed by atoms with E-state index in [2.05, 4.69) is 4.98 Å². The lowest BCUT2D eigenvalue weighted by Gasteiger charge is -2.05. The zero-order valence-corrected chi connectivity index (χ0v) is 11.0. The normalized spacial score (nSPS) is 10.8. The van der Waals surface area contributed by atoms with E-state index in [0.717, 1.165) is 11.5 Å². The molecule has 0 aliphatic rings. The number of halogens is 2. The maximum atomic E-state index is 13.2. The number of aromatic nitrogens is 1. The second-order valence-electron chi connectivity index (χ2n) is 4.76. The molecule has 0 saturated heterocycles. The molecular formula is C17H11F2NO. The molecule has 0 atom stereocenters. The summed E-state index contributed by atoms with van der Waals surface area (Å²) in [7, 11) is 0. The van der Waals surface area contributed by atoms with Crippen molar-refractivity contribution in [2.75, 3.05) is 0 Å². The Kier molecular flexibility index (Phi) is 3.44. The van der Waals surface area contributed by atoms with Gasteiger partial charge in [0.15, 0.2) is 5.78 Å². The first-order valence-corrected chi connectivity index (χ1v) is 6.45. The molecule has 2 nitrogen and oxygen atoms in total. The molecule has 0 spiro atoms. The van der Waals surface area contributed by atoms with E-state index in [1.54, 1.807) is 24.4 Å². The predicted octanol–water partition coefficient (Wildman–Crippen LogP) is 3.94. The van der Waals surface area contributed by atoms with Crippen molar-refractivity contribution in [3.63, 3.8) is 0 Å². The van der Waals surface area contributed by atoms with Crippen LogP contribution in [0.5, 0.6) is 0 Å². The molecule has 1 aromatic heterocycles. The number of benzene rings is 2. The third-order valence-electron chi connectivity index (χ3n) is 3.22. The Bertz CT molecular complexity index is 804. The summed E-state index contributed by atoms with van der Waals surface area (Å²) in [5, 5.41) is 0.855. The number of nitrogens with zero attached hydrogens (tertiary/aromatic N) is 1. The summed E-state index contributed by atoms with van der Waals surface area (Å²) in [4.78, 5) is 16.6. The van der Waals surface area contributed by atoms with Crippen LogP contribution in [0.3, 0.4) is 0 Å². The fraction of sp³-hybridized carbons (Fsp3) is 0.0588. The number of ketones is 1. The minimum absolute atomic E-state index is 0.0651. The van der Waals surface area contributed by atoms with Crippen molar-refractivity contribution in [3.8, 4) is 0 Å². The molecule has 0 radical (unpaired) electrons. The summed E-state index contributed by atoms with van der Waals surface area (Å²) in [5.74, 6) is -1.59. The van der Waals surface area contributed by atoms with Crippen molar-refractivity contribution in [2.24, 2.45) is 0 Å². The molecule has 1 heterocycles. The standard InChI is InChI=1S/C17H11F2NO/c18-13-7-11(8-14(19)10-13)9-16(21)15-5-1-3-12-4-2-6-20-17(12)15/h1-8,10H,9H2. The molecule has 4 heteroatoms. The van der Waals surface area contributed by atoms with Crippen molar-refractivity contribution in [1.29, 1.82) is 0 Å². The first-order valence-electron chi connectivity index (χ1n) is 6.45.